The summed E-state index contributed by atoms with van der Waals surface area (Å²) >= 11 is 5.69. The third-order valence-electron chi connectivity index (χ3n) is 3.10. The molecule has 104 valence electrons. The van der Waals surface area contributed by atoms with Gasteiger partial charge in [0.1, 0.15) is 5.82 Å². The lowest BCUT2D eigenvalue weighted by molar-refractivity contribution is -0.213. The van der Waals surface area contributed by atoms with Gasteiger partial charge in [0.15, 0.2) is 5.41 Å². The lowest BCUT2D eigenvalue weighted by Crippen LogP contribution is -2.49. The molecule has 0 aliphatic carbocycles. The number of aromatic nitrogens is 1. The largest absolute Gasteiger partial charge is 0.404 e. The minimum Gasteiger partial charge on any atom is -0.315 e. The number of halogens is 4. The van der Waals surface area contributed by atoms with Crippen molar-refractivity contribution in [1.82, 2.24) is 10.3 Å². The maximum absolute atomic E-state index is 13.1. The average Bonchev–Trinajstić information content (AvgIpc) is 2.78. The first-order chi connectivity index (χ1) is 8.85. The molecule has 2 N–H and O–H groups in total. The number of anilines is 1. The van der Waals surface area contributed by atoms with E-state index in [-0.39, 0.29) is 23.8 Å². The van der Waals surface area contributed by atoms with Crippen LogP contribution in [0.4, 0.5) is 19.0 Å². The molecule has 1 aliphatic heterocycles. The van der Waals surface area contributed by atoms with Gasteiger partial charge in [0, 0.05) is 17.8 Å². The fraction of sp³-hybridized carbons (Fsp3) is 0.455. The first-order valence-electron chi connectivity index (χ1n) is 5.56. The number of nitrogens with one attached hydrogen (secondary N) is 2. The molecule has 0 saturated carbocycles. The molecule has 1 amide bonds. The second-order valence-corrected chi connectivity index (χ2v) is 4.76. The molecule has 1 aliphatic rings. The Morgan fingerprint density at radius 3 is 2.79 bits per heavy atom. The van der Waals surface area contributed by atoms with Crippen LogP contribution in [0.3, 0.4) is 0 Å². The van der Waals surface area contributed by atoms with Crippen molar-refractivity contribution in [3.05, 3.63) is 23.4 Å². The highest BCUT2D eigenvalue weighted by Gasteiger charge is 2.61. The van der Waals surface area contributed by atoms with Gasteiger partial charge in [-0.05, 0) is 25.1 Å². The number of amides is 1. The normalized spacial score (nSPS) is 23.4. The summed E-state index contributed by atoms with van der Waals surface area (Å²) in [5.74, 6) is -1.10. The van der Waals surface area contributed by atoms with Crippen molar-refractivity contribution in [1.29, 1.82) is 0 Å². The highest BCUT2D eigenvalue weighted by atomic mass is 35.5. The van der Waals surface area contributed by atoms with E-state index in [0.29, 0.717) is 0 Å². The molecule has 1 saturated heterocycles. The van der Waals surface area contributed by atoms with E-state index < -0.39 is 24.0 Å². The quantitative estimate of drug-likeness (QED) is 0.879. The summed E-state index contributed by atoms with van der Waals surface area (Å²) < 4.78 is 39.3. The Labute approximate surface area is 112 Å². The number of alkyl halides is 3. The van der Waals surface area contributed by atoms with Gasteiger partial charge in [-0.25, -0.2) is 4.98 Å². The van der Waals surface area contributed by atoms with Crippen LogP contribution in [0.2, 0.25) is 5.02 Å². The fourth-order valence-electron chi connectivity index (χ4n) is 1.97. The van der Waals surface area contributed by atoms with E-state index in [1.807, 2.05) is 0 Å². The molecule has 1 aromatic heterocycles. The standard InChI is InChI=1S/C11H11ClF3N3O/c12-7-1-3-17-8(5-7)18-9(19)10(11(13,14)15)2-4-16-6-10/h1,3,5,16H,2,4,6H2,(H,17,18,19). The fourth-order valence-corrected chi connectivity index (χ4v) is 2.13. The van der Waals surface area contributed by atoms with E-state index in [9.17, 15) is 18.0 Å². The van der Waals surface area contributed by atoms with Gasteiger partial charge in [-0.15, -0.1) is 0 Å². The van der Waals surface area contributed by atoms with Crippen molar-refractivity contribution in [2.75, 3.05) is 18.4 Å². The molecule has 8 heteroatoms. The Kier molecular flexibility index (Phi) is 3.69. The minimum atomic E-state index is -4.61. The van der Waals surface area contributed by atoms with Crippen molar-refractivity contribution < 1.29 is 18.0 Å². The summed E-state index contributed by atoms with van der Waals surface area (Å²) in [7, 11) is 0. The summed E-state index contributed by atoms with van der Waals surface area (Å²) in [5.41, 5.74) is -2.41. The second-order valence-electron chi connectivity index (χ2n) is 4.32. The molecule has 1 fully saturated rings. The molecule has 2 rings (SSSR count). The number of nitrogens with zero attached hydrogens (tertiary/aromatic N) is 1. The van der Waals surface area contributed by atoms with Crippen molar-refractivity contribution >= 4 is 23.3 Å². The third-order valence-corrected chi connectivity index (χ3v) is 3.33. The predicted octanol–water partition coefficient (Wildman–Crippen LogP) is 2.22. The number of pyridine rings is 1. The Morgan fingerprint density at radius 1 is 1.53 bits per heavy atom. The summed E-state index contributed by atoms with van der Waals surface area (Å²) in [5, 5.41) is 5.04. The average molecular weight is 294 g/mol. The molecule has 0 spiro atoms. The Morgan fingerprint density at radius 2 is 2.26 bits per heavy atom. The Bertz CT molecular complexity index is 486. The molecule has 2 heterocycles. The van der Waals surface area contributed by atoms with E-state index in [1.165, 1.54) is 18.3 Å². The molecule has 1 atom stereocenters. The van der Waals surface area contributed by atoms with Crippen LogP contribution in [0.15, 0.2) is 18.3 Å². The molecule has 0 aromatic carbocycles. The number of rotatable bonds is 2. The van der Waals surface area contributed by atoms with Crippen molar-refractivity contribution in [2.24, 2.45) is 5.41 Å². The van der Waals surface area contributed by atoms with Gasteiger partial charge >= 0.3 is 6.18 Å². The van der Waals surface area contributed by atoms with Crippen LogP contribution in [-0.4, -0.2) is 30.2 Å². The zero-order chi connectivity index (χ0) is 14.1. The monoisotopic (exact) mass is 293 g/mol. The van der Waals surface area contributed by atoms with Gasteiger partial charge in [0.05, 0.1) is 0 Å². The molecule has 19 heavy (non-hydrogen) atoms. The highest BCUT2D eigenvalue weighted by molar-refractivity contribution is 6.30. The van der Waals surface area contributed by atoms with Crippen LogP contribution in [-0.2, 0) is 4.79 Å². The molecule has 0 bridgehead atoms. The topological polar surface area (TPSA) is 54.0 Å². The molecule has 4 nitrogen and oxygen atoms in total. The van der Waals surface area contributed by atoms with Crippen LogP contribution in [0.25, 0.3) is 0 Å². The zero-order valence-corrected chi connectivity index (χ0v) is 10.5. The van der Waals surface area contributed by atoms with Gasteiger partial charge < -0.3 is 10.6 Å². The predicted molar refractivity (Wildman–Crippen MR) is 63.9 cm³/mol. The maximum Gasteiger partial charge on any atom is 0.404 e. The van der Waals surface area contributed by atoms with Crippen LogP contribution in [0.5, 0.6) is 0 Å². The van der Waals surface area contributed by atoms with Crippen molar-refractivity contribution in [3.63, 3.8) is 0 Å². The van der Waals surface area contributed by atoms with Gasteiger partial charge in [0.25, 0.3) is 0 Å². The van der Waals surface area contributed by atoms with E-state index >= 15 is 0 Å². The Hall–Kier alpha value is -1.34. The molecule has 1 aromatic rings. The van der Waals surface area contributed by atoms with Crippen molar-refractivity contribution in [2.45, 2.75) is 12.6 Å². The SMILES string of the molecule is O=C(Nc1cc(Cl)ccn1)C1(C(F)(F)F)CCNC1. The summed E-state index contributed by atoms with van der Waals surface area (Å²) in [4.78, 5) is 15.7. The van der Waals surface area contributed by atoms with Crippen LogP contribution in [0.1, 0.15) is 6.42 Å². The van der Waals surface area contributed by atoms with Gasteiger partial charge in [-0.1, -0.05) is 11.6 Å². The summed E-state index contributed by atoms with van der Waals surface area (Å²) in [6.07, 6.45) is -3.59. The summed E-state index contributed by atoms with van der Waals surface area (Å²) in [6, 6.07) is 2.76. The number of carbonyl (C=O) groups is 1. The smallest absolute Gasteiger partial charge is 0.315 e. The van der Waals surface area contributed by atoms with Crippen LogP contribution >= 0.6 is 11.6 Å². The number of hydrogen-bond acceptors (Lipinski definition) is 3. The lowest BCUT2D eigenvalue weighted by atomic mass is 9.85. The lowest BCUT2D eigenvalue weighted by Gasteiger charge is -2.29. The zero-order valence-electron chi connectivity index (χ0n) is 9.72. The Balaban J connectivity index is 2.22. The van der Waals surface area contributed by atoms with Crippen molar-refractivity contribution in [3.8, 4) is 0 Å². The van der Waals surface area contributed by atoms with Crippen LogP contribution < -0.4 is 10.6 Å². The second kappa shape index (κ2) is 4.97. The molecular weight excluding hydrogens is 283 g/mol. The number of hydrogen-bond donors (Lipinski definition) is 2. The van der Waals surface area contributed by atoms with E-state index in [0.717, 1.165) is 0 Å². The maximum atomic E-state index is 13.1. The molecular formula is C11H11ClF3N3O. The van der Waals surface area contributed by atoms with E-state index in [2.05, 4.69) is 15.6 Å². The summed E-state index contributed by atoms with van der Waals surface area (Å²) in [6.45, 7) is -0.279. The van der Waals surface area contributed by atoms with E-state index in [4.69, 9.17) is 11.6 Å². The number of carbonyl (C=O) groups excluding carboxylic acids is 1. The first-order valence-corrected chi connectivity index (χ1v) is 5.93. The van der Waals surface area contributed by atoms with Gasteiger partial charge in [-0.3, -0.25) is 4.79 Å². The minimum absolute atomic E-state index is 0.00743. The first kappa shape index (κ1) is 14.1. The third kappa shape index (κ3) is 2.66. The highest BCUT2D eigenvalue weighted by Crippen LogP contribution is 2.43. The van der Waals surface area contributed by atoms with E-state index in [1.54, 1.807) is 0 Å². The van der Waals surface area contributed by atoms with Crippen LogP contribution in [0, 0.1) is 5.41 Å². The van der Waals surface area contributed by atoms with Gasteiger partial charge in [-0.2, -0.15) is 13.2 Å². The molecule has 0 radical (unpaired) electrons. The van der Waals surface area contributed by atoms with Gasteiger partial charge in [0.2, 0.25) is 5.91 Å². The molecule has 1 unspecified atom stereocenters.